The SMILES string of the molecule is CCN(C)C(=O)NCC(O)(CC)CC. The minimum Gasteiger partial charge on any atom is -0.388 e. The van der Waals surface area contributed by atoms with Crippen LogP contribution in [0.3, 0.4) is 0 Å². The van der Waals surface area contributed by atoms with Gasteiger partial charge in [-0.05, 0) is 19.8 Å². The van der Waals surface area contributed by atoms with E-state index in [2.05, 4.69) is 5.32 Å². The van der Waals surface area contributed by atoms with E-state index >= 15 is 0 Å². The Labute approximate surface area is 86.3 Å². The predicted octanol–water partition coefficient (Wildman–Crippen LogP) is 1.20. The molecule has 0 aliphatic heterocycles. The summed E-state index contributed by atoms with van der Waals surface area (Å²) in [5, 5.41) is 12.6. The first-order chi connectivity index (χ1) is 6.49. The molecule has 2 amide bonds. The van der Waals surface area contributed by atoms with E-state index in [1.165, 1.54) is 0 Å². The standard InChI is InChI=1S/C10H22N2O2/c1-5-10(14,6-2)8-11-9(13)12(4)7-3/h14H,5-8H2,1-4H3,(H,11,13). The lowest BCUT2D eigenvalue weighted by molar-refractivity contribution is 0.0339. The second-order valence-electron chi connectivity index (χ2n) is 3.60. The van der Waals surface area contributed by atoms with Gasteiger partial charge >= 0.3 is 6.03 Å². The van der Waals surface area contributed by atoms with Crippen LogP contribution in [0.5, 0.6) is 0 Å². The fourth-order valence-electron chi connectivity index (χ4n) is 1.02. The zero-order valence-corrected chi connectivity index (χ0v) is 9.63. The van der Waals surface area contributed by atoms with Crippen molar-refractivity contribution in [3.8, 4) is 0 Å². The van der Waals surface area contributed by atoms with Gasteiger partial charge in [0.25, 0.3) is 0 Å². The third-order valence-electron chi connectivity index (χ3n) is 2.71. The van der Waals surface area contributed by atoms with Crippen LogP contribution in [0.2, 0.25) is 0 Å². The highest BCUT2D eigenvalue weighted by molar-refractivity contribution is 5.73. The zero-order valence-electron chi connectivity index (χ0n) is 9.63. The van der Waals surface area contributed by atoms with Crippen LogP contribution in [0, 0.1) is 0 Å². The van der Waals surface area contributed by atoms with Crippen molar-refractivity contribution in [2.45, 2.75) is 39.2 Å². The van der Waals surface area contributed by atoms with Crippen molar-refractivity contribution in [1.29, 1.82) is 0 Å². The van der Waals surface area contributed by atoms with E-state index in [9.17, 15) is 9.90 Å². The van der Waals surface area contributed by atoms with E-state index in [4.69, 9.17) is 0 Å². The topological polar surface area (TPSA) is 52.6 Å². The van der Waals surface area contributed by atoms with Crippen LogP contribution in [0.1, 0.15) is 33.6 Å². The van der Waals surface area contributed by atoms with E-state index < -0.39 is 5.60 Å². The highest BCUT2D eigenvalue weighted by Crippen LogP contribution is 2.12. The molecular weight excluding hydrogens is 180 g/mol. The number of nitrogens with one attached hydrogen (secondary N) is 1. The highest BCUT2D eigenvalue weighted by atomic mass is 16.3. The fraction of sp³-hybridized carbons (Fsp3) is 0.900. The van der Waals surface area contributed by atoms with Crippen LogP contribution in [0.4, 0.5) is 4.79 Å². The molecule has 0 saturated carbocycles. The first-order valence-corrected chi connectivity index (χ1v) is 5.20. The molecule has 4 nitrogen and oxygen atoms in total. The molecule has 2 N–H and O–H groups in total. The average molecular weight is 202 g/mol. The molecule has 0 fully saturated rings. The number of carbonyl (C=O) groups is 1. The van der Waals surface area contributed by atoms with Crippen molar-refractivity contribution in [2.24, 2.45) is 0 Å². The number of carbonyl (C=O) groups excluding carboxylic acids is 1. The first-order valence-electron chi connectivity index (χ1n) is 5.20. The Morgan fingerprint density at radius 2 is 1.86 bits per heavy atom. The van der Waals surface area contributed by atoms with Gasteiger partial charge in [0.15, 0.2) is 0 Å². The molecule has 0 aliphatic rings. The summed E-state index contributed by atoms with van der Waals surface area (Å²) in [5.74, 6) is 0. The number of aliphatic hydroxyl groups is 1. The maximum absolute atomic E-state index is 11.4. The maximum atomic E-state index is 11.4. The number of urea groups is 1. The molecule has 0 aromatic heterocycles. The lowest BCUT2D eigenvalue weighted by Gasteiger charge is -2.26. The van der Waals surface area contributed by atoms with E-state index in [0.29, 0.717) is 25.9 Å². The molecule has 0 aliphatic carbocycles. The summed E-state index contributed by atoms with van der Waals surface area (Å²) in [6, 6.07) is -0.132. The van der Waals surface area contributed by atoms with Crippen LogP contribution in [0.25, 0.3) is 0 Å². The van der Waals surface area contributed by atoms with Crippen LogP contribution >= 0.6 is 0 Å². The minimum atomic E-state index is -0.760. The smallest absolute Gasteiger partial charge is 0.317 e. The normalized spacial score (nSPS) is 11.2. The molecule has 0 spiro atoms. The molecule has 0 radical (unpaired) electrons. The third-order valence-corrected chi connectivity index (χ3v) is 2.71. The lowest BCUT2D eigenvalue weighted by atomic mass is 9.98. The summed E-state index contributed by atoms with van der Waals surface area (Å²) in [7, 11) is 1.73. The average Bonchev–Trinajstić information content (AvgIpc) is 2.24. The molecule has 0 bridgehead atoms. The predicted molar refractivity (Wildman–Crippen MR) is 57.2 cm³/mol. The van der Waals surface area contributed by atoms with E-state index in [-0.39, 0.29) is 6.03 Å². The number of hydrogen-bond acceptors (Lipinski definition) is 2. The van der Waals surface area contributed by atoms with Gasteiger partial charge in [-0.15, -0.1) is 0 Å². The lowest BCUT2D eigenvalue weighted by Crippen LogP contribution is -2.46. The first kappa shape index (κ1) is 13.2. The monoisotopic (exact) mass is 202 g/mol. The minimum absolute atomic E-state index is 0.132. The van der Waals surface area contributed by atoms with Crippen LogP contribution in [0.15, 0.2) is 0 Å². The fourth-order valence-corrected chi connectivity index (χ4v) is 1.02. The molecular formula is C10H22N2O2. The Kier molecular flexibility index (Phi) is 5.53. The molecule has 0 heterocycles. The van der Waals surface area contributed by atoms with Crippen LogP contribution < -0.4 is 5.32 Å². The summed E-state index contributed by atoms with van der Waals surface area (Å²) < 4.78 is 0. The molecule has 0 saturated heterocycles. The van der Waals surface area contributed by atoms with E-state index in [0.717, 1.165) is 0 Å². The van der Waals surface area contributed by atoms with Gasteiger partial charge in [-0.1, -0.05) is 13.8 Å². The quantitative estimate of drug-likeness (QED) is 0.704. The van der Waals surface area contributed by atoms with Gasteiger partial charge in [-0.25, -0.2) is 4.79 Å². The molecule has 0 atom stereocenters. The van der Waals surface area contributed by atoms with Crippen LogP contribution in [-0.4, -0.2) is 41.8 Å². The van der Waals surface area contributed by atoms with Gasteiger partial charge in [0, 0.05) is 20.1 Å². The summed E-state index contributed by atoms with van der Waals surface area (Å²) in [4.78, 5) is 12.9. The Hall–Kier alpha value is -0.770. The summed E-state index contributed by atoms with van der Waals surface area (Å²) in [6.45, 7) is 6.73. The Bertz CT molecular complexity index is 179. The summed E-state index contributed by atoms with van der Waals surface area (Å²) >= 11 is 0. The molecule has 84 valence electrons. The molecule has 0 unspecified atom stereocenters. The van der Waals surface area contributed by atoms with Gasteiger partial charge in [0.1, 0.15) is 0 Å². The second kappa shape index (κ2) is 5.86. The van der Waals surface area contributed by atoms with Crippen molar-refractivity contribution >= 4 is 6.03 Å². The third kappa shape index (κ3) is 3.96. The van der Waals surface area contributed by atoms with Gasteiger partial charge in [0.05, 0.1) is 5.60 Å². The van der Waals surface area contributed by atoms with E-state index in [1.807, 2.05) is 20.8 Å². The summed E-state index contributed by atoms with van der Waals surface area (Å²) in [6.07, 6.45) is 1.30. The number of hydrogen-bond donors (Lipinski definition) is 2. The van der Waals surface area contributed by atoms with Crippen LogP contribution in [-0.2, 0) is 0 Å². The molecule has 14 heavy (non-hydrogen) atoms. The molecule has 0 rings (SSSR count). The Morgan fingerprint density at radius 3 is 2.21 bits per heavy atom. The van der Waals surface area contributed by atoms with Gasteiger partial charge < -0.3 is 15.3 Å². The van der Waals surface area contributed by atoms with Crippen molar-refractivity contribution < 1.29 is 9.90 Å². The Morgan fingerprint density at radius 1 is 1.36 bits per heavy atom. The van der Waals surface area contributed by atoms with Crippen molar-refractivity contribution in [3.63, 3.8) is 0 Å². The molecule has 4 heteroatoms. The van der Waals surface area contributed by atoms with Gasteiger partial charge in [0.2, 0.25) is 0 Å². The highest BCUT2D eigenvalue weighted by Gasteiger charge is 2.23. The molecule has 0 aromatic rings. The van der Waals surface area contributed by atoms with Crippen molar-refractivity contribution in [1.82, 2.24) is 10.2 Å². The van der Waals surface area contributed by atoms with Gasteiger partial charge in [-0.3, -0.25) is 0 Å². The van der Waals surface area contributed by atoms with E-state index in [1.54, 1.807) is 11.9 Å². The van der Waals surface area contributed by atoms with Crippen molar-refractivity contribution in [2.75, 3.05) is 20.1 Å². The van der Waals surface area contributed by atoms with Gasteiger partial charge in [-0.2, -0.15) is 0 Å². The maximum Gasteiger partial charge on any atom is 0.317 e. The Balaban J connectivity index is 3.98. The number of amides is 2. The number of nitrogens with zero attached hydrogens (tertiary/aromatic N) is 1. The largest absolute Gasteiger partial charge is 0.388 e. The second-order valence-corrected chi connectivity index (χ2v) is 3.60. The van der Waals surface area contributed by atoms with Crippen molar-refractivity contribution in [3.05, 3.63) is 0 Å². The summed E-state index contributed by atoms with van der Waals surface area (Å²) in [5.41, 5.74) is -0.760. The number of rotatable bonds is 5. The molecule has 0 aromatic carbocycles. The zero-order chi connectivity index (χ0) is 11.2.